The molecule has 0 amide bonds. The fraction of sp³-hybridized carbons (Fsp3) is 0.500. The average molecular weight is 348 g/mol. The van der Waals surface area contributed by atoms with Crippen LogP contribution in [0.4, 0.5) is 0 Å². The van der Waals surface area contributed by atoms with E-state index in [0.717, 1.165) is 31.3 Å². The Hall–Kier alpha value is -2.25. The number of hydrogen-bond donors (Lipinski definition) is 2. The Morgan fingerprint density at radius 2 is 1.80 bits per heavy atom. The predicted molar refractivity (Wildman–Crippen MR) is 94.7 cm³/mol. The third kappa shape index (κ3) is 3.43. The molecular formula is C18H24N2O5. The van der Waals surface area contributed by atoms with Gasteiger partial charge in [0.05, 0.1) is 33.0 Å². The summed E-state index contributed by atoms with van der Waals surface area (Å²) in [5.41, 5.74) is 1.17. The van der Waals surface area contributed by atoms with Gasteiger partial charge >= 0.3 is 0 Å². The number of aliphatic hydroxyl groups is 1. The third-order valence-corrected chi connectivity index (χ3v) is 4.68. The van der Waals surface area contributed by atoms with Gasteiger partial charge in [0.1, 0.15) is 0 Å². The van der Waals surface area contributed by atoms with Crippen molar-refractivity contribution >= 4 is 10.9 Å². The maximum absolute atomic E-state index is 12.5. The summed E-state index contributed by atoms with van der Waals surface area (Å²) < 4.78 is 16.3. The van der Waals surface area contributed by atoms with Gasteiger partial charge in [-0.1, -0.05) is 0 Å². The zero-order valence-electron chi connectivity index (χ0n) is 14.8. The van der Waals surface area contributed by atoms with E-state index >= 15 is 0 Å². The molecule has 0 aliphatic carbocycles. The van der Waals surface area contributed by atoms with Crippen LogP contribution in [0.5, 0.6) is 17.2 Å². The van der Waals surface area contributed by atoms with Crippen molar-refractivity contribution in [3.8, 4) is 17.2 Å². The van der Waals surface area contributed by atoms with Crippen LogP contribution in [0.2, 0.25) is 0 Å². The maximum Gasteiger partial charge on any atom is 0.252 e. The van der Waals surface area contributed by atoms with E-state index in [1.807, 2.05) is 6.07 Å². The lowest BCUT2D eigenvalue weighted by molar-refractivity contribution is 0.0791. The second-order valence-electron chi connectivity index (χ2n) is 6.24. The molecule has 7 nitrogen and oxygen atoms in total. The normalized spacial score (nSPS) is 16.2. The molecule has 1 aliphatic heterocycles. The molecule has 0 radical (unpaired) electrons. The summed E-state index contributed by atoms with van der Waals surface area (Å²) in [7, 11) is 4.66. The van der Waals surface area contributed by atoms with Gasteiger partial charge in [0.2, 0.25) is 5.75 Å². The highest BCUT2D eigenvalue weighted by Crippen LogP contribution is 2.42. The van der Waals surface area contributed by atoms with Gasteiger partial charge in [0.15, 0.2) is 11.5 Å². The zero-order chi connectivity index (χ0) is 18.0. The number of ether oxygens (including phenoxy) is 3. The molecule has 7 heteroatoms. The first-order valence-corrected chi connectivity index (χ1v) is 8.32. The van der Waals surface area contributed by atoms with E-state index in [4.69, 9.17) is 14.2 Å². The van der Waals surface area contributed by atoms with Crippen LogP contribution in [-0.2, 0) is 6.54 Å². The van der Waals surface area contributed by atoms with Gasteiger partial charge in [-0.25, -0.2) is 0 Å². The molecule has 0 unspecified atom stereocenters. The second-order valence-corrected chi connectivity index (χ2v) is 6.24. The Bertz CT molecular complexity index is 809. The van der Waals surface area contributed by atoms with Crippen molar-refractivity contribution in [2.24, 2.45) is 0 Å². The molecule has 25 heavy (non-hydrogen) atoms. The Kier molecular flexibility index (Phi) is 5.15. The van der Waals surface area contributed by atoms with Crippen LogP contribution in [0.25, 0.3) is 10.9 Å². The first kappa shape index (κ1) is 17.6. The Morgan fingerprint density at radius 3 is 2.40 bits per heavy atom. The highest BCUT2D eigenvalue weighted by atomic mass is 16.5. The first-order chi connectivity index (χ1) is 12.1. The van der Waals surface area contributed by atoms with Crippen molar-refractivity contribution in [2.75, 3.05) is 34.4 Å². The van der Waals surface area contributed by atoms with Crippen molar-refractivity contribution in [1.29, 1.82) is 0 Å². The fourth-order valence-electron chi connectivity index (χ4n) is 3.30. The van der Waals surface area contributed by atoms with Crippen LogP contribution < -0.4 is 19.8 Å². The van der Waals surface area contributed by atoms with Gasteiger partial charge in [-0.05, 0) is 18.9 Å². The fourth-order valence-corrected chi connectivity index (χ4v) is 3.30. The number of pyridine rings is 1. The number of fused-ring (bicyclic) bond motifs is 1. The van der Waals surface area contributed by atoms with E-state index in [-0.39, 0.29) is 11.7 Å². The minimum Gasteiger partial charge on any atom is -0.493 e. The molecule has 0 atom stereocenters. The van der Waals surface area contributed by atoms with Crippen molar-refractivity contribution in [2.45, 2.75) is 25.5 Å². The quantitative estimate of drug-likeness (QED) is 0.852. The molecule has 136 valence electrons. The average Bonchev–Trinajstić information content (AvgIpc) is 2.62. The number of nitrogens with zero attached hydrogens (tertiary/aromatic N) is 1. The molecule has 0 saturated carbocycles. The van der Waals surface area contributed by atoms with Gasteiger partial charge in [0.25, 0.3) is 5.56 Å². The Balaban J connectivity index is 2.03. The molecule has 1 fully saturated rings. The van der Waals surface area contributed by atoms with Crippen molar-refractivity contribution in [3.63, 3.8) is 0 Å². The van der Waals surface area contributed by atoms with Gasteiger partial charge in [-0.2, -0.15) is 0 Å². The van der Waals surface area contributed by atoms with E-state index in [9.17, 15) is 9.90 Å². The molecule has 0 spiro atoms. The highest BCUT2D eigenvalue weighted by Gasteiger charge is 2.20. The van der Waals surface area contributed by atoms with Gasteiger partial charge in [0, 0.05) is 36.7 Å². The first-order valence-electron chi connectivity index (χ1n) is 8.32. The lowest BCUT2D eigenvalue weighted by Crippen LogP contribution is -2.36. The topological polar surface area (TPSA) is 84.0 Å². The molecule has 1 saturated heterocycles. The van der Waals surface area contributed by atoms with Crippen LogP contribution in [0.1, 0.15) is 18.4 Å². The van der Waals surface area contributed by atoms with E-state index in [2.05, 4.69) is 9.88 Å². The van der Waals surface area contributed by atoms with Crippen LogP contribution in [-0.4, -0.2) is 55.5 Å². The number of rotatable bonds is 5. The van der Waals surface area contributed by atoms with Crippen molar-refractivity contribution < 1.29 is 19.3 Å². The summed E-state index contributed by atoms with van der Waals surface area (Å²) in [6.07, 6.45) is 1.24. The number of hydrogen-bond acceptors (Lipinski definition) is 6. The molecule has 2 heterocycles. The lowest BCUT2D eigenvalue weighted by atomic mass is 10.1. The van der Waals surface area contributed by atoms with E-state index in [1.54, 1.807) is 27.4 Å². The summed E-state index contributed by atoms with van der Waals surface area (Å²) in [5, 5.41) is 10.4. The zero-order valence-corrected chi connectivity index (χ0v) is 14.8. The summed E-state index contributed by atoms with van der Waals surface area (Å²) in [6.45, 7) is 2.10. The smallest absolute Gasteiger partial charge is 0.252 e. The van der Waals surface area contributed by atoms with Crippen LogP contribution in [0.15, 0.2) is 16.9 Å². The number of likely N-dealkylation sites (tertiary alicyclic amines) is 1. The Labute approximate surface area is 146 Å². The molecule has 1 aliphatic rings. The summed E-state index contributed by atoms with van der Waals surface area (Å²) in [5.74, 6) is 1.53. The second kappa shape index (κ2) is 7.33. The molecular weight excluding hydrogens is 324 g/mol. The highest BCUT2D eigenvalue weighted by molar-refractivity contribution is 5.90. The summed E-state index contributed by atoms with van der Waals surface area (Å²) in [4.78, 5) is 17.6. The SMILES string of the molecule is COc1cc2[nH]c(=O)c(CN3CCC(O)CC3)cc2c(OC)c1OC. The summed E-state index contributed by atoms with van der Waals surface area (Å²) >= 11 is 0. The number of methoxy groups -OCH3 is 3. The number of nitrogens with one attached hydrogen (secondary N) is 1. The molecule has 0 bridgehead atoms. The van der Waals surface area contributed by atoms with E-state index < -0.39 is 0 Å². The predicted octanol–water partition coefficient (Wildman–Crippen LogP) is 1.51. The number of H-pyrrole nitrogens is 1. The van der Waals surface area contributed by atoms with Crippen LogP contribution >= 0.6 is 0 Å². The Morgan fingerprint density at radius 1 is 1.12 bits per heavy atom. The standard InChI is InChI=1S/C18H24N2O5/c1-23-15-9-14-13(16(24-2)17(15)25-3)8-11(18(22)19-14)10-20-6-4-12(21)5-7-20/h8-9,12,21H,4-7,10H2,1-3H3,(H,19,22). The van der Waals surface area contributed by atoms with E-state index in [1.165, 1.54) is 0 Å². The minimum atomic E-state index is -0.233. The van der Waals surface area contributed by atoms with Crippen molar-refractivity contribution in [3.05, 3.63) is 28.0 Å². The molecule has 1 aromatic heterocycles. The number of aliphatic hydroxyl groups excluding tert-OH is 1. The largest absolute Gasteiger partial charge is 0.493 e. The maximum atomic E-state index is 12.5. The summed E-state index contributed by atoms with van der Waals surface area (Å²) in [6, 6.07) is 3.58. The molecule has 3 rings (SSSR count). The monoisotopic (exact) mass is 348 g/mol. The molecule has 1 aromatic carbocycles. The van der Waals surface area contributed by atoms with Gasteiger partial charge in [-0.15, -0.1) is 0 Å². The lowest BCUT2D eigenvalue weighted by Gasteiger charge is -2.29. The molecule has 2 N–H and O–H groups in total. The van der Waals surface area contributed by atoms with E-state index in [0.29, 0.717) is 34.9 Å². The van der Waals surface area contributed by atoms with Crippen LogP contribution in [0, 0.1) is 0 Å². The third-order valence-electron chi connectivity index (χ3n) is 4.68. The van der Waals surface area contributed by atoms with Gasteiger partial charge in [-0.3, -0.25) is 9.69 Å². The number of piperidine rings is 1. The van der Waals surface area contributed by atoms with Gasteiger partial charge < -0.3 is 24.3 Å². The number of aromatic nitrogens is 1. The minimum absolute atomic E-state index is 0.132. The number of benzene rings is 1. The number of aromatic amines is 1. The molecule has 2 aromatic rings. The van der Waals surface area contributed by atoms with Crippen LogP contribution in [0.3, 0.4) is 0 Å². The van der Waals surface area contributed by atoms with Crippen molar-refractivity contribution in [1.82, 2.24) is 9.88 Å².